The van der Waals surface area contributed by atoms with Crippen molar-refractivity contribution in [3.63, 3.8) is 0 Å². The minimum atomic E-state index is -0.525. The zero-order valence-corrected chi connectivity index (χ0v) is 11.9. The van der Waals surface area contributed by atoms with Crippen LogP contribution in [0.25, 0.3) is 0 Å². The summed E-state index contributed by atoms with van der Waals surface area (Å²) in [7, 11) is 0. The number of carbonyl (C=O) groups excluding carboxylic acids is 2. The van der Waals surface area contributed by atoms with Gasteiger partial charge in [-0.2, -0.15) is 0 Å². The number of rotatable bonds is 1. The number of hydrogen-bond donors (Lipinski definition) is 0. The maximum atomic E-state index is 12.4. The number of carbonyl (C=O) groups is 2. The van der Waals surface area contributed by atoms with E-state index in [4.69, 9.17) is 4.74 Å². The second kappa shape index (κ2) is 5.23. The van der Waals surface area contributed by atoms with E-state index < -0.39 is 5.60 Å². The molecule has 0 aromatic heterocycles. The van der Waals surface area contributed by atoms with Crippen molar-refractivity contribution >= 4 is 12.0 Å². The molecule has 0 bridgehead atoms. The van der Waals surface area contributed by atoms with Crippen LogP contribution < -0.4 is 0 Å². The van der Waals surface area contributed by atoms with Gasteiger partial charge in [0.05, 0.1) is 0 Å². The zero-order valence-electron chi connectivity index (χ0n) is 11.9. The molecule has 106 valence electrons. The molecule has 0 aliphatic carbocycles. The lowest BCUT2D eigenvalue weighted by atomic mass is 10.2. The van der Waals surface area contributed by atoms with Gasteiger partial charge in [0.15, 0.2) is 0 Å². The van der Waals surface area contributed by atoms with Crippen LogP contribution in [0.3, 0.4) is 0 Å². The van der Waals surface area contributed by atoms with E-state index in [1.165, 1.54) is 0 Å². The second-order valence-corrected chi connectivity index (χ2v) is 6.05. The molecule has 2 rings (SSSR count). The Balaban J connectivity index is 2.00. The van der Waals surface area contributed by atoms with Gasteiger partial charge in [-0.3, -0.25) is 9.69 Å². The average Bonchev–Trinajstić information content (AvgIpc) is 2.97. The Morgan fingerprint density at radius 1 is 1.21 bits per heavy atom. The highest BCUT2D eigenvalue weighted by Gasteiger charge is 2.38. The van der Waals surface area contributed by atoms with Crippen molar-refractivity contribution in [1.82, 2.24) is 9.80 Å². The van der Waals surface area contributed by atoms with Crippen molar-refractivity contribution in [3.8, 4) is 0 Å². The molecule has 0 aromatic carbocycles. The molecule has 1 fully saturated rings. The summed E-state index contributed by atoms with van der Waals surface area (Å²) < 4.78 is 5.37. The zero-order chi connectivity index (χ0) is 14.0. The van der Waals surface area contributed by atoms with Crippen LogP contribution in [0, 0.1) is 0 Å². The van der Waals surface area contributed by atoms with Crippen LogP contribution in [0.2, 0.25) is 0 Å². The number of nitrogens with zero attached hydrogens (tertiary/aromatic N) is 2. The lowest BCUT2D eigenvalue weighted by molar-refractivity contribution is -0.134. The molecule has 2 aliphatic heterocycles. The van der Waals surface area contributed by atoms with Crippen molar-refractivity contribution in [2.24, 2.45) is 0 Å². The molecule has 19 heavy (non-hydrogen) atoms. The Morgan fingerprint density at radius 2 is 1.84 bits per heavy atom. The third-order valence-corrected chi connectivity index (χ3v) is 3.30. The minimum Gasteiger partial charge on any atom is -0.444 e. The molecule has 0 spiro atoms. The third kappa shape index (κ3) is 3.28. The van der Waals surface area contributed by atoms with Gasteiger partial charge in [0.1, 0.15) is 11.6 Å². The van der Waals surface area contributed by atoms with Crippen LogP contribution in [0.5, 0.6) is 0 Å². The van der Waals surface area contributed by atoms with E-state index in [0.717, 1.165) is 12.8 Å². The Bertz CT molecular complexity index is 390. The molecular formula is C14H22N2O3. The van der Waals surface area contributed by atoms with E-state index in [9.17, 15) is 9.59 Å². The standard InChI is InChI=1S/C14H22N2O3/c1-14(2,3)19-13(18)16-10-6-7-11(16)12(17)15-8-4-5-9-15/h4-5,11H,6-10H2,1-3H3. The molecular weight excluding hydrogens is 244 g/mol. The Kier molecular flexibility index (Phi) is 3.83. The monoisotopic (exact) mass is 266 g/mol. The average molecular weight is 266 g/mol. The highest BCUT2D eigenvalue weighted by atomic mass is 16.6. The minimum absolute atomic E-state index is 0.0355. The third-order valence-electron chi connectivity index (χ3n) is 3.30. The molecule has 1 atom stereocenters. The second-order valence-electron chi connectivity index (χ2n) is 6.05. The van der Waals surface area contributed by atoms with Crippen LogP contribution in [-0.4, -0.2) is 53.1 Å². The van der Waals surface area contributed by atoms with Gasteiger partial charge in [-0.15, -0.1) is 0 Å². The quantitative estimate of drug-likeness (QED) is 0.680. The number of ether oxygens (including phenoxy) is 1. The lowest BCUT2D eigenvalue weighted by Gasteiger charge is -2.30. The fourth-order valence-corrected chi connectivity index (χ4v) is 2.43. The summed E-state index contributed by atoms with van der Waals surface area (Å²) in [4.78, 5) is 27.8. The Labute approximate surface area is 114 Å². The van der Waals surface area contributed by atoms with E-state index in [1.54, 1.807) is 9.80 Å². The first-order valence-corrected chi connectivity index (χ1v) is 6.82. The predicted octanol–water partition coefficient (Wildman–Crippen LogP) is 1.78. The molecule has 1 unspecified atom stereocenters. The molecule has 2 heterocycles. The highest BCUT2D eigenvalue weighted by molar-refractivity contribution is 5.86. The Hall–Kier alpha value is -1.52. The fourth-order valence-electron chi connectivity index (χ4n) is 2.43. The number of hydrogen-bond acceptors (Lipinski definition) is 3. The van der Waals surface area contributed by atoms with Crippen LogP contribution in [0.15, 0.2) is 12.2 Å². The van der Waals surface area contributed by atoms with Gasteiger partial charge in [-0.05, 0) is 33.6 Å². The molecule has 0 aromatic rings. The molecule has 2 amide bonds. The van der Waals surface area contributed by atoms with Gasteiger partial charge < -0.3 is 9.64 Å². The Morgan fingerprint density at radius 3 is 2.42 bits per heavy atom. The molecule has 2 aliphatic rings. The van der Waals surface area contributed by atoms with E-state index in [0.29, 0.717) is 19.6 Å². The fraction of sp³-hybridized carbons (Fsp3) is 0.714. The van der Waals surface area contributed by atoms with Gasteiger partial charge in [0.25, 0.3) is 0 Å². The van der Waals surface area contributed by atoms with Crippen LogP contribution in [-0.2, 0) is 9.53 Å². The van der Waals surface area contributed by atoms with E-state index >= 15 is 0 Å². The highest BCUT2D eigenvalue weighted by Crippen LogP contribution is 2.23. The van der Waals surface area contributed by atoms with E-state index in [1.807, 2.05) is 32.9 Å². The van der Waals surface area contributed by atoms with Crippen LogP contribution in [0.1, 0.15) is 33.6 Å². The summed E-state index contributed by atoms with van der Waals surface area (Å²) in [6.07, 6.45) is 5.16. The number of amides is 2. The summed E-state index contributed by atoms with van der Waals surface area (Å²) in [6.45, 7) is 7.41. The number of likely N-dealkylation sites (tertiary alicyclic amines) is 1. The molecule has 5 nitrogen and oxygen atoms in total. The largest absolute Gasteiger partial charge is 0.444 e. The van der Waals surface area contributed by atoms with Crippen LogP contribution >= 0.6 is 0 Å². The van der Waals surface area contributed by atoms with Gasteiger partial charge in [-0.25, -0.2) is 4.79 Å². The molecule has 0 radical (unpaired) electrons. The SMILES string of the molecule is CC(C)(C)OC(=O)N1CCCC1C(=O)N1CC=CC1. The van der Waals surface area contributed by atoms with Crippen molar-refractivity contribution in [2.75, 3.05) is 19.6 Å². The van der Waals surface area contributed by atoms with E-state index in [2.05, 4.69) is 0 Å². The first-order valence-electron chi connectivity index (χ1n) is 6.82. The van der Waals surface area contributed by atoms with E-state index in [-0.39, 0.29) is 18.0 Å². The van der Waals surface area contributed by atoms with Crippen LogP contribution in [0.4, 0.5) is 4.79 Å². The summed E-state index contributed by atoms with van der Waals surface area (Å²) in [5, 5.41) is 0. The van der Waals surface area contributed by atoms with Gasteiger partial charge in [-0.1, -0.05) is 12.2 Å². The smallest absolute Gasteiger partial charge is 0.410 e. The summed E-state index contributed by atoms with van der Waals surface area (Å²) in [5.74, 6) is 0.0355. The maximum absolute atomic E-state index is 12.4. The first-order chi connectivity index (χ1) is 8.88. The summed E-state index contributed by atoms with van der Waals surface area (Å²) in [5.41, 5.74) is -0.525. The molecule has 5 heteroatoms. The van der Waals surface area contributed by atoms with Crippen molar-refractivity contribution in [3.05, 3.63) is 12.2 Å². The summed E-state index contributed by atoms with van der Waals surface area (Å²) in [6, 6.07) is -0.352. The molecule has 1 saturated heterocycles. The summed E-state index contributed by atoms with van der Waals surface area (Å²) >= 11 is 0. The maximum Gasteiger partial charge on any atom is 0.410 e. The van der Waals surface area contributed by atoms with Crippen molar-refractivity contribution in [2.45, 2.75) is 45.3 Å². The van der Waals surface area contributed by atoms with Gasteiger partial charge in [0, 0.05) is 19.6 Å². The van der Waals surface area contributed by atoms with Gasteiger partial charge >= 0.3 is 6.09 Å². The molecule has 0 N–H and O–H groups in total. The predicted molar refractivity (Wildman–Crippen MR) is 71.7 cm³/mol. The lowest BCUT2D eigenvalue weighted by Crippen LogP contribution is -2.48. The van der Waals surface area contributed by atoms with Crippen molar-refractivity contribution in [1.29, 1.82) is 0 Å². The first kappa shape index (κ1) is 13.9. The molecule has 0 saturated carbocycles. The topological polar surface area (TPSA) is 49.9 Å². The van der Waals surface area contributed by atoms with Gasteiger partial charge in [0.2, 0.25) is 5.91 Å². The van der Waals surface area contributed by atoms with Crippen molar-refractivity contribution < 1.29 is 14.3 Å². The normalized spacial score (nSPS) is 23.0.